The van der Waals surface area contributed by atoms with E-state index in [1.807, 2.05) is 0 Å². The molecule has 9 aromatic carbocycles. The van der Waals surface area contributed by atoms with E-state index >= 15 is 0 Å². The van der Waals surface area contributed by atoms with Crippen molar-refractivity contribution in [1.29, 1.82) is 0 Å². The van der Waals surface area contributed by atoms with E-state index < -0.39 is 0 Å². The summed E-state index contributed by atoms with van der Waals surface area (Å²) in [5.74, 6) is 0. The molecule has 12 rings (SSSR count). The van der Waals surface area contributed by atoms with Gasteiger partial charge in [0.2, 0.25) is 0 Å². The second-order valence-electron chi connectivity index (χ2n) is 15.1. The van der Waals surface area contributed by atoms with Crippen LogP contribution >= 0.6 is 0 Å². The molecule has 58 heavy (non-hydrogen) atoms. The van der Waals surface area contributed by atoms with Crippen molar-refractivity contribution in [2.45, 2.75) is 0 Å². The van der Waals surface area contributed by atoms with Crippen LogP contribution in [-0.4, -0.2) is 14.1 Å². The minimum absolute atomic E-state index is 0.949. The van der Waals surface area contributed by atoms with Crippen molar-refractivity contribution in [2.75, 3.05) is 0 Å². The van der Waals surface area contributed by atoms with Gasteiger partial charge in [0.25, 0.3) is 0 Å². The Morgan fingerprint density at radius 2 is 0.810 bits per heavy atom. The molecule has 0 N–H and O–H groups in total. The highest BCUT2D eigenvalue weighted by atomic mass is 15.0. The summed E-state index contributed by atoms with van der Waals surface area (Å²) in [6.07, 6.45) is 0. The van der Waals surface area contributed by atoms with Crippen LogP contribution < -0.4 is 0 Å². The molecule has 0 spiro atoms. The Hall–Kier alpha value is -7.75. The summed E-state index contributed by atoms with van der Waals surface area (Å²) in [5, 5.41) is 10.0. The van der Waals surface area contributed by atoms with E-state index in [2.05, 4.69) is 221 Å². The molecule has 0 saturated carbocycles. The molecule has 3 aromatic heterocycles. The number of para-hydroxylation sites is 3. The highest BCUT2D eigenvalue weighted by Gasteiger charge is 2.20. The van der Waals surface area contributed by atoms with Gasteiger partial charge in [-0.15, -0.1) is 0 Å². The normalized spacial score (nSPS) is 11.8. The van der Waals surface area contributed by atoms with Gasteiger partial charge < -0.3 is 9.13 Å². The summed E-state index contributed by atoms with van der Waals surface area (Å²) < 4.78 is 4.87. The van der Waals surface area contributed by atoms with Crippen LogP contribution in [0.25, 0.3) is 110 Å². The number of hydrogen-bond donors (Lipinski definition) is 0. The van der Waals surface area contributed by atoms with Crippen LogP contribution in [0.2, 0.25) is 0 Å². The van der Waals surface area contributed by atoms with Gasteiger partial charge in [-0.25, -0.2) is 4.98 Å². The molecule has 0 fully saturated rings. The summed E-state index contributed by atoms with van der Waals surface area (Å²) in [6, 6.07) is 76.7. The molecule has 3 heteroatoms. The molecule has 12 aromatic rings. The molecule has 0 bridgehead atoms. The number of fused-ring (bicyclic) bond motifs is 11. The molecule has 3 nitrogen and oxygen atoms in total. The predicted octanol–water partition coefficient (Wildman–Crippen LogP) is 14.6. The van der Waals surface area contributed by atoms with E-state index in [0.29, 0.717) is 0 Å². The molecule has 3 heterocycles. The van der Waals surface area contributed by atoms with Crippen molar-refractivity contribution in [1.82, 2.24) is 14.1 Å². The standard InChI is InChI=1S/C55H35N3/c1-4-14-36(15-5-1)40-34-48(37-16-6-2-7-17-37)56-49(35-40)38-24-28-42(29-25-38)58-50-22-12-10-20-43(50)45-32-31-44-46(55(45)58)30-26-39-27-33-52-54(53(39)44)47-21-11-13-23-51(47)57(52)41-18-8-3-9-19-41/h1-35H. The molecular formula is C55H35N3. The first-order valence-corrected chi connectivity index (χ1v) is 19.9. The van der Waals surface area contributed by atoms with Gasteiger partial charge in [0, 0.05) is 49.4 Å². The lowest BCUT2D eigenvalue weighted by Crippen LogP contribution is -1.96. The quantitative estimate of drug-likeness (QED) is 0.161. The number of pyridine rings is 1. The number of rotatable bonds is 5. The van der Waals surface area contributed by atoms with Crippen molar-refractivity contribution < 1.29 is 0 Å². The average Bonchev–Trinajstić information content (AvgIpc) is 3.83. The molecule has 0 radical (unpaired) electrons. The summed E-state index contributed by atoms with van der Waals surface area (Å²) in [5.41, 5.74) is 13.5. The Balaban J connectivity index is 1.08. The molecular weight excluding hydrogens is 703 g/mol. The molecule has 0 aliphatic carbocycles. The zero-order valence-corrected chi connectivity index (χ0v) is 31.5. The molecule has 0 saturated heterocycles. The minimum Gasteiger partial charge on any atom is -0.309 e. The van der Waals surface area contributed by atoms with Gasteiger partial charge >= 0.3 is 0 Å². The van der Waals surface area contributed by atoms with Crippen LogP contribution in [0.5, 0.6) is 0 Å². The molecule has 0 atom stereocenters. The maximum atomic E-state index is 5.22. The fourth-order valence-electron chi connectivity index (χ4n) is 9.29. The van der Waals surface area contributed by atoms with Crippen molar-refractivity contribution in [3.63, 3.8) is 0 Å². The molecule has 0 amide bonds. The fraction of sp³-hybridized carbons (Fsp3) is 0. The smallest absolute Gasteiger partial charge is 0.0715 e. The van der Waals surface area contributed by atoms with E-state index in [9.17, 15) is 0 Å². The SMILES string of the molecule is c1ccc(-c2cc(-c3ccccc3)nc(-c3ccc(-n4c5ccccc5c5ccc6c(ccc7ccc8c(c9ccccc9n8-c8ccccc8)c76)c54)cc3)c2)cc1. The zero-order chi connectivity index (χ0) is 38.2. The third-order valence-corrected chi connectivity index (χ3v) is 11.9. The second kappa shape index (κ2) is 12.9. The second-order valence-corrected chi connectivity index (χ2v) is 15.1. The van der Waals surface area contributed by atoms with Crippen molar-refractivity contribution in [3.05, 3.63) is 212 Å². The monoisotopic (exact) mass is 737 g/mol. The maximum absolute atomic E-state index is 5.22. The third-order valence-electron chi connectivity index (χ3n) is 11.9. The highest BCUT2D eigenvalue weighted by molar-refractivity contribution is 6.31. The predicted molar refractivity (Wildman–Crippen MR) is 244 cm³/mol. The molecule has 0 aliphatic rings. The Morgan fingerprint density at radius 1 is 0.293 bits per heavy atom. The van der Waals surface area contributed by atoms with Gasteiger partial charge in [-0.05, 0) is 81.9 Å². The van der Waals surface area contributed by atoms with Crippen molar-refractivity contribution >= 4 is 65.2 Å². The van der Waals surface area contributed by atoms with Crippen LogP contribution in [0.4, 0.5) is 0 Å². The lowest BCUT2D eigenvalue weighted by Gasteiger charge is -2.14. The summed E-state index contributed by atoms with van der Waals surface area (Å²) in [7, 11) is 0. The number of hydrogen-bond acceptors (Lipinski definition) is 1. The van der Waals surface area contributed by atoms with Gasteiger partial charge in [0.15, 0.2) is 0 Å². The van der Waals surface area contributed by atoms with E-state index in [1.165, 1.54) is 70.7 Å². The maximum Gasteiger partial charge on any atom is 0.0715 e. The Morgan fingerprint density at radius 3 is 1.53 bits per heavy atom. The van der Waals surface area contributed by atoms with Crippen LogP contribution in [-0.2, 0) is 0 Å². The van der Waals surface area contributed by atoms with E-state index in [-0.39, 0.29) is 0 Å². The van der Waals surface area contributed by atoms with Gasteiger partial charge in [-0.1, -0.05) is 158 Å². The number of nitrogens with zero attached hydrogens (tertiary/aromatic N) is 3. The minimum atomic E-state index is 0.949. The van der Waals surface area contributed by atoms with Crippen LogP contribution in [0.3, 0.4) is 0 Å². The number of aromatic nitrogens is 3. The van der Waals surface area contributed by atoms with Gasteiger partial charge in [-0.2, -0.15) is 0 Å². The van der Waals surface area contributed by atoms with Gasteiger partial charge in [0.1, 0.15) is 0 Å². The van der Waals surface area contributed by atoms with Gasteiger partial charge in [-0.3, -0.25) is 0 Å². The Kier molecular flexibility index (Phi) is 7.23. The molecule has 0 aliphatic heterocycles. The first-order chi connectivity index (χ1) is 28.8. The molecule has 0 unspecified atom stereocenters. The van der Waals surface area contributed by atoms with E-state index in [0.717, 1.165) is 39.5 Å². The first-order valence-electron chi connectivity index (χ1n) is 19.9. The zero-order valence-electron chi connectivity index (χ0n) is 31.5. The summed E-state index contributed by atoms with van der Waals surface area (Å²) in [6.45, 7) is 0. The van der Waals surface area contributed by atoms with Crippen LogP contribution in [0, 0.1) is 0 Å². The number of benzene rings is 9. The Bertz CT molecular complexity index is 3470. The fourth-order valence-corrected chi connectivity index (χ4v) is 9.29. The van der Waals surface area contributed by atoms with Crippen LogP contribution in [0.1, 0.15) is 0 Å². The largest absolute Gasteiger partial charge is 0.309 e. The molecule has 270 valence electrons. The first kappa shape index (κ1) is 32.5. The van der Waals surface area contributed by atoms with Crippen molar-refractivity contribution in [3.8, 4) is 45.0 Å². The highest BCUT2D eigenvalue weighted by Crippen LogP contribution is 2.43. The van der Waals surface area contributed by atoms with E-state index in [1.54, 1.807) is 0 Å². The average molecular weight is 738 g/mol. The Labute approximate surface area is 335 Å². The lowest BCUT2D eigenvalue weighted by molar-refractivity contribution is 1.18. The topological polar surface area (TPSA) is 22.8 Å². The third kappa shape index (κ3) is 4.97. The van der Waals surface area contributed by atoms with Crippen molar-refractivity contribution in [2.24, 2.45) is 0 Å². The van der Waals surface area contributed by atoms with Crippen LogP contribution in [0.15, 0.2) is 212 Å². The lowest BCUT2D eigenvalue weighted by atomic mass is 9.96. The van der Waals surface area contributed by atoms with Gasteiger partial charge in [0.05, 0.1) is 33.5 Å². The van der Waals surface area contributed by atoms with E-state index in [4.69, 9.17) is 4.98 Å². The summed E-state index contributed by atoms with van der Waals surface area (Å²) in [4.78, 5) is 5.22. The summed E-state index contributed by atoms with van der Waals surface area (Å²) >= 11 is 0.